The van der Waals surface area contributed by atoms with Gasteiger partial charge in [0.1, 0.15) is 0 Å². The number of hydrogen-bond acceptors (Lipinski definition) is 3. The lowest BCUT2D eigenvalue weighted by Gasteiger charge is -2.09. The second-order valence-corrected chi connectivity index (χ2v) is 5.24. The molecule has 2 rings (SSSR count). The normalized spacial score (nSPS) is 10.6. The number of hydrogen-bond donors (Lipinski definition) is 2. The van der Waals surface area contributed by atoms with Crippen molar-refractivity contribution >= 4 is 17.3 Å². The Morgan fingerprint density at radius 1 is 1.14 bits per heavy atom. The van der Waals surface area contributed by atoms with Gasteiger partial charge in [-0.3, -0.25) is 9.36 Å². The highest BCUT2D eigenvalue weighted by Gasteiger charge is 2.05. The third kappa shape index (κ3) is 4.29. The van der Waals surface area contributed by atoms with E-state index in [-0.39, 0.29) is 0 Å². The Labute approximate surface area is 130 Å². The molecule has 114 valence electrons. The van der Waals surface area contributed by atoms with E-state index in [1.165, 1.54) is 5.56 Å². The van der Waals surface area contributed by atoms with Gasteiger partial charge in [0, 0.05) is 49.7 Å². The SMILES string of the molecule is CCn1cc(CNC(=S)NCc2cn(CC)nc2C)cn1. The average Bonchev–Trinajstić information content (AvgIpc) is 3.09. The minimum atomic E-state index is 0.642. The summed E-state index contributed by atoms with van der Waals surface area (Å²) >= 11 is 5.29. The van der Waals surface area contributed by atoms with Crippen LogP contribution in [0.5, 0.6) is 0 Å². The van der Waals surface area contributed by atoms with Gasteiger partial charge in [-0.25, -0.2) is 0 Å². The van der Waals surface area contributed by atoms with Crippen molar-refractivity contribution in [1.82, 2.24) is 30.2 Å². The summed E-state index contributed by atoms with van der Waals surface area (Å²) in [5, 5.41) is 15.7. The number of nitrogens with zero attached hydrogens (tertiary/aromatic N) is 4. The zero-order valence-corrected chi connectivity index (χ0v) is 13.6. The quantitative estimate of drug-likeness (QED) is 0.794. The molecule has 0 aliphatic rings. The molecule has 0 unspecified atom stereocenters. The zero-order chi connectivity index (χ0) is 15.2. The molecule has 0 radical (unpaired) electrons. The van der Waals surface area contributed by atoms with E-state index in [4.69, 9.17) is 12.2 Å². The first-order valence-electron chi connectivity index (χ1n) is 7.18. The molecule has 6 nitrogen and oxygen atoms in total. The summed E-state index contributed by atoms with van der Waals surface area (Å²) in [5.41, 5.74) is 3.33. The summed E-state index contributed by atoms with van der Waals surface area (Å²) in [6, 6.07) is 0. The maximum atomic E-state index is 5.29. The third-order valence-electron chi connectivity index (χ3n) is 3.28. The standard InChI is InChI=1S/C14H22N6S/c1-4-19-9-12(7-17-19)6-15-14(21)16-8-13-10-20(5-2)18-11(13)3/h7,9-10H,4-6,8H2,1-3H3,(H2,15,16,21). The Morgan fingerprint density at radius 3 is 2.48 bits per heavy atom. The molecule has 0 spiro atoms. The van der Waals surface area contributed by atoms with E-state index in [1.54, 1.807) is 0 Å². The molecule has 0 amide bonds. The van der Waals surface area contributed by atoms with Gasteiger partial charge in [0.25, 0.3) is 0 Å². The van der Waals surface area contributed by atoms with Gasteiger partial charge in [-0.15, -0.1) is 0 Å². The summed E-state index contributed by atoms with van der Waals surface area (Å²) in [4.78, 5) is 0. The number of nitrogens with one attached hydrogen (secondary N) is 2. The summed E-state index contributed by atoms with van der Waals surface area (Å²) in [6.45, 7) is 9.28. The van der Waals surface area contributed by atoms with E-state index in [0.717, 1.165) is 24.3 Å². The molecular formula is C14H22N6S. The van der Waals surface area contributed by atoms with E-state index in [0.29, 0.717) is 18.2 Å². The number of thiocarbonyl (C=S) groups is 1. The molecule has 0 bridgehead atoms. The first-order chi connectivity index (χ1) is 10.1. The smallest absolute Gasteiger partial charge is 0.166 e. The van der Waals surface area contributed by atoms with Crippen LogP contribution in [-0.2, 0) is 26.2 Å². The Bertz CT molecular complexity index is 600. The number of aromatic nitrogens is 4. The van der Waals surface area contributed by atoms with Gasteiger partial charge < -0.3 is 10.6 Å². The minimum absolute atomic E-state index is 0.642. The monoisotopic (exact) mass is 306 g/mol. The van der Waals surface area contributed by atoms with Gasteiger partial charge in [-0.1, -0.05) is 0 Å². The van der Waals surface area contributed by atoms with Gasteiger partial charge in [-0.2, -0.15) is 10.2 Å². The van der Waals surface area contributed by atoms with Crippen LogP contribution in [0.1, 0.15) is 30.7 Å². The van der Waals surface area contributed by atoms with Crippen LogP contribution in [0.4, 0.5) is 0 Å². The second-order valence-electron chi connectivity index (χ2n) is 4.84. The Hall–Kier alpha value is -1.89. The summed E-state index contributed by atoms with van der Waals surface area (Å²) < 4.78 is 3.83. The van der Waals surface area contributed by atoms with Gasteiger partial charge in [0.2, 0.25) is 0 Å². The van der Waals surface area contributed by atoms with E-state index >= 15 is 0 Å². The lowest BCUT2D eigenvalue weighted by Crippen LogP contribution is -2.34. The lowest BCUT2D eigenvalue weighted by atomic mass is 10.3. The van der Waals surface area contributed by atoms with Gasteiger partial charge in [-0.05, 0) is 33.0 Å². The molecule has 2 N–H and O–H groups in total. The average molecular weight is 306 g/mol. The minimum Gasteiger partial charge on any atom is -0.359 e. The lowest BCUT2D eigenvalue weighted by molar-refractivity contribution is 0.653. The van der Waals surface area contributed by atoms with Crippen LogP contribution in [0.2, 0.25) is 0 Å². The van der Waals surface area contributed by atoms with Gasteiger partial charge in [0.05, 0.1) is 11.9 Å². The maximum absolute atomic E-state index is 5.29. The predicted octanol–water partition coefficient (Wildman–Crippen LogP) is 1.59. The fourth-order valence-electron chi connectivity index (χ4n) is 1.99. The summed E-state index contributed by atoms with van der Waals surface area (Å²) in [5.74, 6) is 0. The molecule has 7 heteroatoms. The van der Waals surface area contributed by atoms with Crippen LogP contribution in [0.15, 0.2) is 18.6 Å². The second kappa shape index (κ2) is 7.21. The van der Waals surface area contributed by atoms with E-state index in [1.807, 2.05) is 28.7 Å². The number of aryl methyl sites for hydroxylation is 3. The van der Waals surface area contributed by atoms with Crippen LogP contribution in [0, 0.1) is 6.92 Å². The highest BCUT2D eigenvalue weighted by molar-refractivity contribution is 7.80. The first kappa shape index (κ1) is 15.5. The molecule has 0 atom stereocenters. The topological polar surface area (TPSA) is 59.7 Å². The van der Waals surface area contributed by atoms with Crippen LogP contribution in [0.3, 0.4) is 0 Å². The van der Waals surface area contributed by atoms with E-state index in [9.17, 15) is 0 Å². The summed E-state index contributed by atoms with van der Waals surface area (Å²) in [7, 11) is 0. The van der Waals surface area contributed by atoms with Crippen LogP contribution in [-0.4, -0.2) is 24.7 Å². The van der Waals surface area contributed by atoms with Crippen molar-refractivity contribution in [3.8, 4) is 0 Å². The van der Waals surface area contributed by atoms with Crippen molar-refractivity contribution in [1.29, 1.82) is 0 Å². The van der Waals surface area contributed by atoms with E-state index < -0.39 is 0 Å². The molecule has 2 heterocycles. The van der Waals surface area contributed by atoms with Gasteiger partial charge >= 0.3 is 0 Å². The van der Waals surface area contributed by atoms with Crippen molar-refractivity contribution in [3.63, 3.8) is 0 Å². The van der Waals surface area contributed by atoms with Crippen molar-refractivity contribution in [2.45, 2.75) is 47.0 Å². The number of rotatable bonds is 6. The first-order valence-corrected chi connectivity index (χ1v) is 7.59. The molecule has 2 aromatic rings. The highest BCUT2D eigenvalue weighted by atomic mass is 32.1. The molecule has 21 heavy (non-hydrogen) atoms. The summed E-state index contributed by atoms with van der Waals surface area (Å²) in [6.07, 6.45) is 5.93. The largest absolute Gasteiger partial charge is 0.359 e. The van der Waals surface area contributed by atoms with Crippen LogP contribution >= 0.6 is 12.2 Å². The molecule has 0 aromatic carbocycles. The van der Waals surface area contributed by atoms with Gasteiger partial charge in [0.15, 0.2) is 5.11 Å². The van der Waals surface area contributed by atoms with Crippen molar-refractivity contribution in [3.05, 3.63) is 35.4 Å². The Morgan fingerprint density at radius 2 is 1.86 bits per heavy atom. The van der Waals surface area contributed by atoms with Crippen molar-refractivity contribution in [2.75, 3.05) is 0 Å². The van der Waals surface area contributed by atoms with Crippen LogP contribution in [0.25, 0.3) is 0 Å². The molecule has 0 fully saturated rings. The predicted molar refractivity (Wildman–Crippen MR) is 86.8 cm³/mol. The molecule has 0 aliphatic carbocycles. The molecule has 0 saturated carbocycles. The highest BCUT2D eigenvalue weighted by Crippen LogP contribution is 2.05. The molecule has 0 saturated heterocycles. The fraction of sp³-hybridized carbons (Fsp3) is 0.500. The van der Waals surface area contributed by atoms with Crippen molar-refractivity contribution < 1.29 is 0 Å². The van der Waals surface area contributed by atoms with Crippen LogP contribution < -0.4 is 10.6 Å². The Balaban J connectivity index is 1.77. The molecule has 2 aromatic heterocycles. The van der Waals surface area contributed by atoms with Crippen molar-refractivity contribution in [2.24, 2.45) is 0 Å². The zero-order valence-electron chi connectivity index (χ0n) is 12.8. The Kier molecular flexibility index (Phi) is 5.32. The third-order valence-corrected chi connectivity index (χ3v) is 3.56. The maximum Gasteiger partial charge on any atom is 0.166 e. The molecule has 0 aliphatic heterocycles. The fourth-order valence-corrected chi connectivity index (χ4v) is 2.13. The van der Waals surface area contributed by atoms with E-state index in [2.05, 4.69) is 40.9 Å². The molecular weight excluding hydrogens is 284 g/mol.